The van der Waals surface area contributed by atoms with E-state index in [0.717, 1.165) is 12.3 Å². The van der Waals surface area contributed by atoms with Crippen LogP contribution in [-0.2, 0) is 9.53 Å². The van der Waals surface area contributed by atoms with E-state index in [0.29, 0.717) is 25.8 Å². The Kier molecular flexibility index (Phi) is 8.63. The van der Waals surface area contributed by atoms with Crippen molar-refractivity contribution in [2.45, 2.75) is 38.1 Å². The Morgan fingerprint density at radius 2 is 1.92 bits per heavy atom. The zero-order chi connectivity index (χ0) is 17.0. The molecule has 1 aromatic rings. The number of nitrogens with zero attached hydrogens (tertiary/aromatic N) is 1. The maximum atomic E-state index is 11.7. The molecule has 0 bridgehead atoms. The van der Waals surface area contributed by atoms with E-state index in [1.807, 2.05) is 30.3 Å². The molecule has 1 aliphatic rings. The molecule has 1 amide bonds. The molecular weight excluding hydrogens is 304 g/mol. The number of para-hydroxylation sites is 1. The SMILES string of the molecule is CN(CCNC(=O)COCCOc1ccccc1)C1CCCCC1. The molecule has 0 radical (unpaired) electrons. The van der Waals surface area contributed by atoms with Gasteiger partial charge in [0.15, 0.2) is 0 Å². The molecule has 0 atom stereocenters. The molecule has 0 spiro atoms. The molecule has 0 heterocycles. The molecule has 1 saturated carbocycles. The summed E-state index contributed by atoms with van der Waals surface area (Å²) in [5.74, 6) is 0.753. The molecule has 0 saturated heterocycles. The number of hydrogen-bond donors (Lipinski definition) is 1. The number of amides is 1. The van der Waals surface area contributed by atoms with E-state index in [1.165, 1.54) is 32.1 Å². The van der Waals surface area contributed by atoms with Crippen LogP contribution in [0.4, 0.5) is 0 Å². The highest BCUT2D eigenvalue weighted by Gasteiger charge is 2.17. The molecular formula is C19H30N2O3. The van der Waals surface area contributed by atoms with Crippen LogP contribution in [0.1, 0.15) is 32.1 Å². The second-order valence-electron chi connectivity index (χ2n) is 6.34. The lowest BCUT2D eigenvalue weighted by atomic mass is 9.94. The molecule has 1 aliphatic carbocycles. The minimum atomic E-state index is -0.0632. The van der Waals surface area contributed by atoms with E-state index >= 15 is 0 Å². The summed E-state index contributed by atoms with van der Waals surface area (Å²) in [6, 6.07) is 10.3. The summed E-state index contributed by atoms with van der Waals surface area (Å²) in [6.07, 6.45) is 6.61. The van der Waals surface area contributed by atoms with Crippen molar-refractivity contribution >= 4 is 5.91 Å². The van der Waals surface area contributed by atoms with E-state index in [4.69, 9.17) is 9.47 Å². The van der Waals surface area contributed by atoms with Crippen LogP contribution in [-0.4, -0.2) is 56.8 Å². The van der Waals surface area contributed by atoms with Crippen molar-refractivity contribution < 1.29 is 14.3 Å². The largest absolute Gasteiger partial charge is 0.491 e. The number of ether oxygens (including phenoxy) is 2. The van der Waals surface area contributed by atoms with Crippen LogP contribution in [0.15, 0.2) is 30.3 Å². The summed E-state index contributed by atoms with van der Waals surface area (Å²) in [4.78, 5) is 14.1. The zero-order valence-electron chi connectivity index (χ0n) is 14.7. The Balaban J connectivity index is 1.46. The van der Waals surface area contributed by atoms with Crippen molar-refractivity contribution in [2.24, 2.45) is 0 Å². The first-order valence-electron chi connectivity index (χ1n) is 8.98. The first kappa shape index (κ1) is 18.7. The van der Waals surface area contributed by atoms with Crippen LogP contribution in [0.2, 0.25) is 0 Å². The fourth-order valence-electron chi connectivity index (χ4n) is 3.03. The highest BCUT2D eigenvalue weighted by atomic mass is 16.5. The lowest BCUT2D eigenvalue weighted by Gasteiger charge is -2.31. The van der Waals surface area contributed by atoms with Crippen LogP contribution in [0.3, 0.4) is 0 Å². The highest BCUT2D eigenvalue weighted by molar-refractivity contribution is 5.77. The molecule has 0 unspecified atom stereocenters. The topological polar surface area (TPSA) is 50.8 Å². The molecule has 134 valence electrons. The number of carbonyl (C=O) groups is 1. The Labute approximate surface area is 145 Å². The van der Waals surface area contributed by atoms with E-state index in [9.17, 15) is 4.79 Å². The van der Waals surface area contributed by atoms with Gasteiger partial charge in [-0.1, -0.05) is 37.5 Å². The van der Waals surface area contributed by atoms with Crippen molar-refractivity contribution in [3.63, 3.8) is 0 Å². The van der Waals surface area contributed by atoms with E-state index in [-0.39, 0.29) is 12.5 Å². The molecule has 0 aliphatic heterocycles. The van der Waals surface area contributed by atoms with Gasteiger partial charge in [-0.2, -0.15) is 0 Å². The van der Waals surface area contributed by atoms with Crippen LogP contribution < -0.4 is 10.1 Å². The van der Waals surface area contributed by atoms with Crippen LogP contribution in [0.25, 0.3) is 0 Å². The lowest BCUT2D eigenvalue weighted by Crippen LogP contribution is -2.40. The summed E-state index contributed by atoms with van der Waals surface area (Å²) >= 11 is 0. The van der Waals surface area contributed by atoms with E-state index in [2.05, 4.69) is 17.3 Å². The van der Waals surface area contributed by atoms with Gasteiger partial charge in [-0.15, -0.1) is 0 Å². The van der Waals surface area contributed by atoms with Gasteiger partial charge < -0.3 is 19.7 Å². The standard InChI is InChI=1S/C19H30N2O3/c1-21(17-8-4-2-5-9-17)13-12-20-19(22)16-23-14-15-24-18-10-6-3-7-11-18/h3,6-7,10-11,17H,2,4-5,8-9,12-16H2,1H3,(H,20,22). The summed E-state index contributed by atoms with van der Waals surface area (Å²) in [5, 5.41) is 2.91. The summed E-state index contributed by atoms with van der Waals surface area (Å²) in [6.45, 7) is 2.51. The monoisotopic (exact) mass is 334 g/mol. The maximum Gasteiger partial charge on any atom is 0.246 e. The molecule has 1 fully saturated rings. The first-order chi connectivity index (χ1) is 11.8. The summed E-state index contributed by atoms with van der Waals surface area (Å²) in [5.41, 5.74) is 0. The first-order valence-corrected chi connectivity index (χ1v) is 8.98. The highest BCUT2D eigenvalue weighted by Crippen LogP contribution is 2.21. The minimum Gasteiger partial charge on any atom is -0.491 e. The second-order valence-corrected chi connectivity index (χ2v) is 6.34. The van der Waals surface area contributed by atoms with Gasteiger partial charge in [-0.25, -0.2) is 0 Å². The number of hydrogen-bond acceptors (Lipinski definition) is 4. The van der Waals surface area contributed by atoms with Crippen LogP contribution >= 0.6 is 0 Å². The Hall–Kier alpha value is -1.59. The Bertz CT molecular complexity index is 461. The number of benzene rings is 1. The molecule has 1 aromatic carbocycles. The van der Waals surface area contributed by atoms with Crippen molar-refractivity contribution in [1.82, 2.24) is 10.2 Å². The van der Waals surface area contributed by atoms with Crippen molar-refractivity contribution in [1.29, 1.82) is 0 Å². The molecule has 5 heteroatoms. The van der Waals surface area contributed by atoms with Gasteiger partial charge in [-0.05, 0) is 32.0 Å². The fourth-order valence-corrected chi connectivity index (χ4v) is 3.03. The van der Waals surface area contributed by atoms with Crippen LogP contribution in [0, 0.1) is 0 Å². The van der Waals surface area contributed by atoms with Crippen molar-refractivity contribution in [3.05, 3.63) is 30.3 Å². The molecule has 24 heavy (non-hydrogen) atoms. The van der Waals surface area contributed by atoms with Crippen molar-refractivity contribution in [2.75, 3.05) is 40.0 Å². The molecule has 2 rings (SSSR count). The van der Waals surface area contributed by atoms with Gasteiger partial charge in [0.25, 0.3) is 0 Å². The van der Waals surface area contributed by atoms with Gasteiger partial charge in [-0.3, -0.25) is 4.79 Å². The Morgan fingerprint density at radius 3 is 2.67 bits per heavy atom. The van der Waals surface area contributed by atoms with Gasteiger partial charge in [0.05, 0.1) is 6.61 Å². The third-order valence-electron chi connectivity index (χ3n) is 4.46. The third-order valence-corrected chi connectivity index (χ3v) is 4.46. The minimum absolute atomic E-state index is 0.0632. The van der Waals surface area contributed by atoms with Crippen molar-refractivity contribution in [3.8, 4) is 5.75 Å². The maximum absolute atomic E-state index is 11.7. The number of carbonyl (C=O) groups excluding carboxylic acids is 1. The summed E-state index contributed by atoms with van der Waals surface area (Å²) < 4.78 is 10.8. The van der Waals surface area contributed by atoms with Gasteiger partial charge in [0.2, 0.25) is 5.91 Å². The predicted molar refractivity (Wildman–Crippen MR) is 95.3 cm³/mol. The van der Waals surface area contributed by atoms with Gasteiger partial charge >= 0.3 is 0 Å². The number of nitrogens with one attached hydrogen (secondary N) is 1. The van der Waals surface area contributed by atoms with E-state index in [1.54, 1.807) is 0 Å². The lowest BCUT2D eigenvalue weighted by molar-refractivity contribution is -0.125. The van der Waals surface area contributed by atoms with Crippen LogP contribution in [0.5, 0.6) is 5.75 Å². The smallest absolute Gasteiger partial charge is 0.246 e. The summed E-state index contributed by atoms with van der Waals surface area (Å²) in [7, 11) is 2.15. The van der Waals surface area contributed by atoms with Gasteiger partial charge in [0, 0.05) is 19.1 Å². The fraction of sp³-hybridized carbons (Fsp3) is 0.632. The molecule has 1 N–H and O–H groups in total. The second kappa shape index (κ2) is 11.0. The number of rotatable bonds is 10. The van der Waals surface area contributed by atoms with Gasteiger partial charge in [0.1, 0.15) is 19.0 Å². The van der Waals surface area contributed by atoms with E-state index < -0.39 is 0 Å². The average molecular weight is 334 g/mol. The quantitative estimate of drug-likeness (QED) is 0.668. The predicted octanol–water partition coefficient (Wildman–Crippen LogP) is 2.46. The average Bonchev–Trinajstić information content (AvgIpc) is 2.63. The normalized spacial score (nSPS) is 15.4. The number of likely N-dealkylation sites (N-methyl/N-ethyl adjacent to an activating group) is 1. The zero-order valence-corrected chi connectivity index (χ0v) is 14.7. The molecule has 0 aromatic heterocycles. The molecule has 5 nitrogen and oxygen atoms in total. The third kappa shape index (κ3) is 7.32. The Morgan fingerprint density at radius 1 is 1.17 bits per heavy atom.